The molecular formula is C17H19N3. The van der Waals surface area contributed by atoms with Crippen LogP contribution >= 0.6 is 0 Å². The standard InChI is InChI=1S/C17H19N3/c18-12-17(13-19)11-15-5-7-16(8-6-15)14-20-9-3-1-2-4-10-20/h5-8,11H,1-4,9-10,14H2. The number of allylic oxidation sites excluding steroid dienone is 1. The molecule has 0 spiro atoms. The van der Waals surface area contributed by atoms with Gasteiger partial charge in [-0.15, -0.1) is 0 Å². The normalized spacial score (nSPS) is 15.7. The van der Waals surface area contributed by atoms with E-state index in [4.69, 9.17) is 10.5 Å². The van der Waals surface area contributed by atoms with Gasteiger partial charge in [0.05, 0.1) is 0 Å². The largest absolute Gasteiger partial charge is 0.299 e. The molecule has 3 heteroatoms. The van der Waals surface area contributed by atoms with E-state index in [1.807, 2.05) is 24.3 Å². The molecule has 0 aliphatic carbocycles. The minimum absolute atomic E-state index is 0.144. The minimum Gasteiger partial charge on any atom is -0.299 e. The van der Waals surface area contributed by atoms with Crippen LogP contribution in [0.5, 0.6) is 0 Å². The summed E-state index contributed by atoms with van der Waals surface area (Å²) in [5.41, 5.74) is 2.34. The van der Waals surface area contributed by atoms with E-state index >= 15 is 0 Å². The zero-order chi connectivity index (χ0) is 14.2. The molecule has 1 heterocycles. The van der Waals surface area contributed by atoms with Crippen molar-refractivity contribution in [1.82, 2.24) is 4.90 Å². The van der Waals surface area contributed by atoms with Gasteiger partial charge in [0.25, 0.3) is 0 Å². The van der Waals surface area contributed by atoms with Crippen LogP contribution in [0.4, 0.5) is 0 Å². The number of likely N-dealkylation sites (tertiary alicyclic amines) is 1. The molecule has 1 aromatic carbocycles. The molecule has 1 fully saturated rings. The van der Waals surface area contributed by atoms with Crippen LogP contribution in [0.25, 0.3) is 6.08 Å². The molecule has 102 valence electrons. The second kappa shape index (κ2) is 7.48. The third-order valence-corrected chi connectivity index (χ3v) is 3.64. The highest BCUT2D eigenvalue weighted by Gasteiger charge is 2.09. The van der Waals surface area contributed by atoms with Crippen LogP contribution in [0.1, 0.15) is 36.8 Å². The average molecular weight is 265 g/mol. The maximum Gasteiger partial charge on any atom is 0.130 e. The van der Waals surface area contributed by atoms with E-state index in [1.54, 1.807) is 6.08 Å². The van der Waals surface area contributed by atoms with Crippen molar-refractivity contribution in [2.24, 2.45) is 0 Å². The van der Waals surface area contributed by atoms with Crippen LogP contribution in [0.2, 0.25) is 0 Å². The first-order valence-corrected chi connectivity index (χ1v) is 7.15. The molecule has 0 atom stereocenters. The molecule has 0 N–H and O–H groups in total. The van der Waals surface area contributed by atoms with Gasteiger partial charge in [-0.25, -0.2) is 0 Å². The Balaban J connectivity index is 2.00. The summed E-state index contributed by atoms with van der Waals surface area (Å²) >= 11 is 0. The maximum absolute atomic E-state index is 8.74. The molecule has 0 bridgehead atoms. The van der Waals surface area contributed by atoms with Gasteiger partial charge in [0.15, 0.2) is 0 Å². The number of benzene rings is 1. The summed E-state index contributed by atoms with van der Waals surface area (Å²) in [6, 6.07) is 11.9. The van der Waals surface area contributed by atoms with Crippen molar-refractivity contribution in [1.29, 1.82) is 10.5 Å². The summed E-state index contributed by atoms with van der Waals surface area (Å²) < 4.78 is 0. The fourth-order valence-electron chi connectivity index (χ4n) is 2.53. The maximum atomic E-state index is 8.74. The van der Waals surface area contributed by atoms with Gasteiger partial charge in [0.1, 0.15) is 17.7 Å². The summed E-state index contributed by atoms with van der Waals surface area (Å²) in [7, 11) is 0. The van der Waals surface area contributed by atoms with Crippen molar-refractivity contribution < 1.29 is 0 Å². The predicted molar refractivity (Wildman–Crippen MR) is 79.4 cm³/mol. The van der Waals surface area contributed by atoms with Gasteiger partial charge < -0.3 is 0 Å². The van der Waals surface area contributed by atoms with Crippen molar-refractivity contribution in [3.63, 3.8) is 0 Å². The monoisotopic (exact) mass is 265 g/mol. The molecule has 0 saturated carbocycles. The first-order valence-electron chi connectivity index (χ1n) is 7.15. The molecule has 1 aliphatic rings. The van der Waals surface area contributed by atoms with E-state index in [9.17, 15) is 0 Å². The van der Waals surface area contributed by atoms with E-state index in [0.717, 1.165) is 12.1 Å². The van der Waals surface area contributed by atoms with E-state index in [2.05, 4.69) is 17.0 Å². The van der Waals surface area contributed by atoms with E-state index in [0.29, 0.717) is 0 Å². The van der Waals surface area contributed by atoms with Gasteiger partial charge in [-0.05, 0) is 43.1 Å². The van der Waals surface area contributed by atoms with E-state index in [1.165, 1.54) is 44.3 Å². The van der Waals surface area contributed by atoms with Crippen LogP contribution in [0, 0.1) is 22.7 Å². The molecule has 0 unspecified atom stereocenters. The predicted octanol–water partition coefficient (Wildman–Crippen LogP) is 3.49. The first kappa shape index (κ1) is 14.3. The smallest absolute Gasteiger partial charge is 0.130 e. The molecule has 0 radical (unpaired) electrons. The number of nitriles is 2. The quantitative estimate of drug-likeness (QED) is 0.786. The van der Waals surface area contributed by atoms with Crippen molar-refractivity contribution >= 4 is 6.08 Å². The average Bonchev–Trinajstić information content (AvgIpc) is 2.75. The van der Waals surface area contributed by atoms with Gasteiger partial charge >= 0.3 is 0 Å². The summed E-state index contributed by atoms with van der Waals surface area (Å²) in [6.07, 6.45) is 6.93. The van der Waals surface area contributed by atoms with E-state index in [-0.39, 0.29) is 5.57 Å². The van der Waals surface area contributed by atoms with E-state index < -0.39 is 0 Å². The molecule has 20 heavy (non-hydrogen) atoms. The van der Waals surface area contributed by atoms with Gasteiger partial charge in [-0.1, -0.05) is 37.1 Å². The van der Waals surface area contributed by atoms with Crippen LogP contribution in [-0.2, 0) is 6.54 Å². The molecule has 1 aliphatic heterocycles. The third-order valence-electron chi connectivity index (χ3n) is 3.64. The lowest BCUT2D eigenvalue weighted by atomic mass is 10.1. The van der Waals surface area contributed by atoms with Crippen LogP contribution < -0.4 is 0 Å². The fourth-order valence-corrected chi connectivity index (χ4v) is 2.53. The van der Waals surface area contributed by atoms with Crippen molar-refractivity contribution in [2.75, 3.05) is 13.1 Å². The summed E-state index contributed by atoms with van der Waals surface area (Å²) in [4.78, 5) is 2.51. The topological polar surface area (TPSA) is 50.8 Å². The minimum atomic E-state index is 0.144. The van der Waals surface area contributed by atoms with Crippen LogP contribution in [-0.4, -0.2) is 18.0 Å². The Morgan fingerprint density at radius 2 is 1.60 bits per heavy atom. The Kier molecular flexibility index (Phi) is 5.35. The van der Waals surface area contributed by atoms with Gasteiger partial charge in [-0.2, -0.15) is 10.5 Å². The molecule has 1 aromatic rings. The fraction of sp³-hybridized carbons (Fsp3) is 0.412. The zero-order valence-corrected chi connectivity index (χ0v) is 11.7. The molecule has 0 aromatic heterocycles. The second-order valence-electron chi connectivity index (χ2n) is 5.21. The Labute approximate surface area is 120 Å². The van der Waals surface area contributed by atoms with Crippen LogP contribution in [0.15, 0.2) is 29.8 Å². The second-order valence-corrected chi connectivity index (χ2v) is 5.21. The third kappa shape index (κ3) is 4.23. The summed E-state index contributed by atoms with van der Waals surface area (Å²) in [5, 5.41) is 17.5. The lowest BCUT2D eigenvalue weighted by Gasteiger charge is -2.19. The zero-order valence-electron chi connectivity index (χ0n) is 11.7. The number of nitrogens with zero attached hydrogens (tertiary/aromatic N) is 3. The van der Waals surface area contributed by atoms with Crippen molar-refractivity contribution in [2.45, 2.75) is 32.2 Å². The molecule has 2 rings (SSSR count). The van der Waals surface area contributed by atoms with Crippen molar-refractivity contribution in [3.05, 3.63) is 41.0 Å². The molecular weight excluding hydrogens is 246 g/mol. The number of rotatable bonds is 3. The molecule has 3 nitrogen and oxygen atoms in total. The lowest BCUT2D eigenvalue weighted by molar-refractivity contribution is 0.277. The van der Waals surface area contributed by atoms with Crippen molar-refractivity contribution in [3.8, 4) is 12.1 Å². The molecule has 1 saturated heterocycles. The molecule has 0 amide bonds. The summed E-state index contributed by atoms with van der Waals surface area (Å²) in [6.45, 7) is 3.37. The highest BCUT2D eigenvalue weighted by Crippen LogP contribution is 2.14. The summed E-state index contributed by atoms with van der Waals surface area (Å²) in [5.74, 6) is 0. The van der Waals surface area contributed by atoms with Gasteiger partial charge in [-0.3, -0.25) is 4.90 Å². The van der Waals surface area contributed by atoms with Gasteiger partial charge in [0.2, 0.25) is 0 Å². The van der Waals surface area contributed by atoms with Crippen LogP contribution in [0.3, 0.4) is 0 Å². The lowest BCUT2D eigenvalue weighted by Crippen LogP contribution is -2.23. The number of hydrogen-bond acceptors (Lipinski definition) is 3. The van der Waals surface area contributed by atoms with Gasteiger partial charge in [0, 0.05) is 6.54 Å². The highest BCUT2D eigenvalue weighted by atomic mass is 15.1. The Morgan fingerprint density at radius 1 is 1.00 bits per heavy atom. The Morgan fingerprint density at radius 3 is 2.15 bits per heavy atom. The SMILES string of the molecule is N#CC(C#N)=Cc1ccc(CN2CCCCCC2)cc1. The Bertz CT molecular complexity index is 519. The Hall–Kier alpha value is -2.10. The number of hydrogen-bond donors (Lipinski definition) is 0. The highest BCUT2D eigenvalue weighted by molar-refractivity contribution is 5.61. The first-order chi connectivity index (χ1) is 9.81.